The highest BCUT2D eigenvalue weighted by Gasteiger charge is 2.54. The number of hydrogen-bond donors (Lipinski definition) is 7. The van der Waals surface area contributed by atoms with E-state index in [-0.39, 0.29) is 56.5 Å². The van der Waals surface area contributed by atoms with Crippen molar-refractivity contribution in [1.82, 2.24) is 14.8 Å². The molecule has 1 aromatic heterocycles. The van der Waals surface area contributed by atoms with Crippen LogP contribution in [0.1, 0.15) is 123 Å². The smallest absolute Gasteiger partial charge is 0.341 e. The summed E-state index contributed by atoms with van der Waals surface area (Å²) in [6.07, 6.45) is -9.01. The summed E-state index contributed by atoms with van der Waals surface area (Å²) < 4.78 is 78.7. The number of hydrogen-bond acceptors (Lipinski definition) is 21. The Morgan fingerprint density at radius 1 is 0.974 bits per heavy atom. The van der Waals surface area contributed by atoms with Gasteiger partial charge in [-0.05, 0) is 106 Å². The lowest BCUT2D eigenvalue weighted by Gasteiger charge is -2.49. The van der Waals surface area contributed by atoms with Gasteiger partial charge in [0.2, 0.25) is 5.43 Å². The number of likely N-dealkylation sites (N-methyl/N-ethyl adjacent to an activating group) is 1. The predicted octanol–water partition coefficient (Wildman–Crippen LogP) is 3.12. The van der Waals surface area contributed by atoms with Crippen LogP contribution in [-0.2, 0) is 72.0 Å². The van der Waals surface area contributed by atoms with E-state index in [9.17, 15) is 53.5 Å². The molecule has 4 aliphatic heterocycles. The molecule has 0 radical (unpaired) electrons. The van der Waals surface area contributed by atoms with Crippen molar-refractivity contribution in [3.05, 3.63) is 45.2 Å². The number of esters is 1. The number of benzene rings is 1. The molecule has 78 heavy (non-hydrogen) atoms. The molecule has 1 aromatic carbocycles. The lowest BCUT2D eigenvalue weighted by Crippen LogP contribution is -2.61. The molecule has 0 saturated carbocycles. The van der Waals surface area contributed by atoms with Crippen molar-refractivity contribution >= 4 is 38.7 Å². The number of aromatic nitrogens is 1. The minimum Gasteiger partial charge on any atom is -0.477 e. The number of aryl methyl sites for hydroxylation is 1. The summed E-state index contributed by atoms with van der Waals surface area (Å²) in [5.41, 5.74) is -3.96. The minimum atomic E-state index is -4.23. The van der Waals surface area contributed by atoms with Gasteiger partial charge >= 0.3 is 11.9 Å². The number of carbonyl (C=O) groups is 2. The highest BCUT2D eigenvalue weighted by atomic mass is 32.2. The molecule has 18 atom stereocenters. The van der Waals surface area contributed by atoms with E-state index in [1.807, 2.05) is 32.0 Å². The van der Waals surface area contributed by atoms with E-state index < -0.39 is 135 Å². The number of ether oxygens (including phenoxy) is 7. The summed E-state index contributed by atoms with van der Waals surface area (Å²) in [6, 6.07) is 3.22. The molecule has 2 aromatic rings. The molecule has 3 fully saturated rings. The molecule has 4 aliphatic rings. The predicted molar refractivity (Wildman–Crippen MR) is 284 cm³/mol. The second kappa shape index (κ2) is 25.6. The fraction of sp³-hybridized carbons (Fsp3) is 0.778. The zero-order chi connectivity index (χ0) is 58.0. The fourth-order valence-corrected chi connectivity index (χ4v) is 13.3. The number of cyclic esters (lactones) is 1. The third-order valence-electron chi connectivity index (χ3n) is 16.6. The van der Waals surface area contributed by atoms with Gasteiger partial charge in [0.15, 0.2) is 12.6 Å². The van der Waals surface area contributed by atoms with Crippen LogP contribution in [0.25, 0.3) is 10.9 Å². The van der Waals surface area contributed by atoms with Crippen LogP contribution in [0.4, 0.5) is 0 Å². The molecule has 0 aliphatic carbocycles. The SMILES string of the molecule is CC[C@H]1OC(=O)[C@H](C)[C@@H](O[C@H]2C[C@@](C)(OC)[C@@H](OS(=O)(=O)CCNCCCc3cc4c5c(c3)c(=O)c(C(=O)O)cn5COC4)[C@H](C)O2)[C@H](C)[C@@H](O[C@@H]2O[C@H](C)C[C@H](N(C)C)[C@H]2O)[C@](C)(O)C[C@@H](C)/C(=N\O)[C@H](C)[C@@H](O)[C@]1(C)O. The monoisotopic (exact) mass is 1130 g/mol. The van der Waals surface area contributed by atoms with Crippen molar-refractivity contribution in [3.63, 3.8) is 0 Å². The van der Waals surface area contributed by atoms with Gasteiger partial charge in [-0.1, -0.05) is 38.9 Å². The van der Waals surface area contributed by atoms with Crippen molar-refractivity contribution in [2.24, 2.45) is 28.8 Å². The summed E-state index contributed by atoms with van der Waals surface area (Å²) in [7, 11) is 0.814. The third kappa shape index (κ3) is 13.9. The first kappa shape index (κ1) is 63.5. The van der Waals surface area contributed by atoms with Crippen LogP contribution in [0.3, 0.4) is 0 Å². The number of aliphatic hydroxyl groups is 4. The number of carbonyl (C=O) groups excluding carboxylic acids is 1. The van der Waals surface area contributed by atoms with Crippen LogP contribution in [0, 0.1) is 23.7 Å². The lowest BCUT2D eigenvalue weighted by molar-refractivity contribution is -0.316. The van der Waals surface area contributed by atoms with Gasteiger partial charge in [0.25, 0.3) is 10.1 Å². The minimum absolute atomic E-state index is 0.0284. The van der Waals surface area contributed by atoms with Gasteiger partial charge < -0.3 is 78.7 Å². The number of nitrogens with one attached hydrogen (secondary N) is 1. The van der Waals surface area contributed by atoms with Gasteiger partial charge in [-0.25, -0.2) is 4.79 Å². The van der Waals surface area contributed by atoms with Crippen molar-refractivity contribution in [3.8, 4) is 0 Å². The lowest BCUT2D eigenvalue weighted by atomic mass is 9.73. The Morgan fingerprint density at radius 2 is 1.67 bits per heavy atom. The Kier molecular flexibility index (Phi) is 20.8. The number of pyridine rings is 1. The molecule has 0 bridgehead atoms. The number of aliphatic hydroxyl groups excluding tert-OH is 2. The number of aromatic carboxylic acids is 1. The molecule has 5 heterocycles. The maximum Gasteiger partial charge on any atom is 0.341 e. The second-order valence-corrected chi connectivity index (χ2v) is 24.8. The Morgan fingerprint density at radius 3 is 2.29 bits per heavy atom. The maximum atomic E-state index is 14.5. The Bertz CT molecular complexity index is 2610. The molecule has 442 valence electrons. The zero-order valence-corrected chi connectivity index (χ0v) is 48.2. The molecule has 3 saturated heterocycles. The highest BCUT2D eigenvalue weighted by Crippen LogP contribution is 2.42. The largest absolute Gasteiger partial charge is 0.477 e. The molecule has 23 nitrogen and oxygen atoms in total. The van der Waals surface area contributed by atoms with Crippen LogP contribution in [0.5, 0.6) is 0 Å². The molecular weight excluding hydrogens is 1040 g/mol. The quantitative estimate of drug-likeness (QED) is 0.0393. The molecule has 0 amide bonds. The van der Waals surface area contributed by atoms with Gasteiger partial charge in [0.1, 0.15) is 36.2 Å². The molecule has 24 heteroatoms. The van der Waals surface area contributed by atoms with Gasteiger partial charge in [-0.3, -0.25) is 13.8 Å². The fourth-order valence-electron chi connectivity index (χ4n) is 12.2. The Labute approximate surface area is 457 Å². The molecule has 0 spiro atoms. The Balaban J connectivity index is 1.20. The van der Waals surface area contributed by atoms with Gasteiger partial charge in [0.05, 0.1) is 71.2 Å². The number of methoxy groups -OCH3 is 1. The van der Waals surface area contributed by atoms with E-state index in [0.29, 0.717) is 36.7 Å². The molecule has 6 rings (SSSR count). The zero-order valence-electron chi connectivity index (χ0n) is 47.4. The van der Waals surface area contributed by atoms with E-state index in [0.717, 1.165) is 11.1 Å². The van der Waals surface area contributed by atoms with Crippen molar-refractivity contribution < 1.29 is 86.1 Å². The average Bonchev–Trinajstić information content (AvgIpc) is 3.42. The maximum absolute atomic E-state index is 14.5. The van der Waals surface area contributed by atoms with E-state index in [2.05, 4.69) is 10.5 Å². The Hall–Kier alpha value is -3.73. The average molecular weight is 1130 g/mol. The van der Waals surface area contributed by atoms with E-state index >= 15 is 0 Å². The summed E-state index contributed by atoms with van der Waals surface area (Å²) in [5, 5.41) is 75.1. The van der Waals surface area contributed by atoms with Crippen LogP contribution < -0.4 is 10.7 Å². The number of nitrogens with zero attached hydrogens (tertiary/aromatic N) is 3. The third-order valence-corrected chi connectivity index (χ3v) is 17.8. The van der Waals surface area contributed by atoms with Crippen LogP contribution in [0.2, 0.25) is 0 Å². The number of oxime groups is 1. The van der Waals surface area contributed by atoms with Crippen molar-refractivity contribution in [2.45, 2.75) is 205 Å². The summed E-state index contributed by atoms with van der Waals surface area (Å²) in [6.45, 7) is 17.0. The van der Waals surface area contributed by atoms with Gasteiger partial charge in [0, 0.05) is 61.0 Å². The molecule has 7 N–H and O–H groups in total. The summed E-state index contributed by atoms with van der Waals surface area (Å²) in [4.78, 5) is 41.3. The van der Waals surface area contributed by atoms with Gasteiger partial charge in [-0.2, -0.15) is 8.42 Å². The first-order valence-electron chi connectivity index (χ1n) is 27.1. The van der Waals surface area contributed by atoms with E-state index in [4.69, 9.17) is 37.3 Å². The highest BCUT2D eigenvalue weighted by molar-refractivity contribution is 7.86. The van der Waals surface area contributed by atoms with Crippen LogP contribution in [-0.4, -0.2) is 191 Å². The first-order chi connectivity index (χ1) is 36.4. The van der Waals surface area contributed by atoms with Crippen LogP contribution in [0.15, 0.2) is 28.3 Å². The topological polar surface area (TPSA) is 313 Å². The molecular formula is C54H86N4O19S. The number of carboxylic acids is 1. The normalized spacial score (nSPS) is 38.1. The summed E-state index contributed by atoms with van der Waals surface area (Å²) in [5.74, 6) is -6.50. The first-order valence-corrected chi connectivity index (χ1v) is 28.7. The van der Waals surface area contributed by atoms with Gasteiger partial charge in [-0.15, -0.1) is 0 Å². The number of carboxylic acid groups (broad SMARTS) is 1. The molecule has 0 unspecified atom stereocenters. The van der Waals surface area contributed by atoms with E-state index in [1.165, 1.54) is 27.2 Å². The van der Waals surface area contributed by atoms with E-state index in [1.54, 1.807) is 59.1 Å². The standard InChI is InChI=1S/C54H86N4O19S/c1-14-39-54(10,66)46(61)30(4)41(56-67)28(2)23-52(8,65)47(76-51-44(60)38(57(11)12)20-29(3)72-51)31(5)45(32(6)50(64)74-39)75-40-24-53(9,70-13)48(33(7)73-40)77-78(68,69)19-18-55-17-15-16-34-21-35-26-71-27-58-25-37(49(62)63)43(59)36(22-34)42(35)58/h21-22,25,28-33,38-40,44-48,51,55,60-61,65-67H,14-20,23-24,26-27H2,1-13H3,(H,62,63)/b56-41+/t28-,29-,30+,31+,32-,33+,38+,39-,40+,44-,45+,46-,47-,48+,51+,52-,53-,54-/m1/s1. The second-order valence-electron chi connectivity index (χ2n) is 23.1. The number of rotatable bonds is 17. The van der Waals surface area contributed by atoms with Crippen LogP contribution >= 0.6 is 0 Å². The van der Waals surface area contributed by atoms with Crippen molar-refractivity contribution in [1.29, 1.82) is 0 Å². The summed E-state index contributed by atoms with van der Waals surface area (Å²) >= 11 is 0. The van der Waals surface area contributed by atoms with Crippen molar-refractivity contribution in [2.75, 3.05) is 40.0 Å².